The molecule has 0 radical (unpaired) electrons. The number of nitrogens with two attached hydrogens (primary N) is 1. The molecule has 98 valence electrons. The first-order chi connectivity index (χ1) is 8.54. The molecule has 4 aliphatic rings. The number of nitriles is 1. The van der Waals surface area contributed by atoms with E-state index >= 15 is 0 Å². The molecule has 4 fully saturated rings. The Hall–Kier alpha value is -1.24. The number of primary amides is 1. The molecule has 4 heteroatoms. The van der Waals surface area contributed by atoms with Crippen molar-refractivity contribution in [3.8, 4) is 6.07 Å². The third kappa shape index (κ3) is 1.60. The predicted octanol–water partition coefficient (Wildman–Crippen LogP) is 2.25. The van der Waals surface area contributed by atoms with Crippen LogP contribution in [-0.2, 0) is 0 Å². The summed E-state index contributed by atoms with van der Waals surface area (Å²) in [6.45, 7) is 1.79. The fraction of sp³-hybridized carbons (Fsp3) is 0.857. The molecule has 4 saturated carbocycles. The molecule has 0 aromatic carbocycles. The highest BCUT2D eigenvalue weighted by atomic mass is 16.2. The van der Waals surface area contributed by atoms with Crippen LogP contribution in [0.2, 0.25) is 0 Å². The van der Waals surface area contributed by atoms with Crippen molar-refractivity contribution in [2.75, 3.05) is 0 Å². The quantitative estimate of drug-likeness (QED) is 0.813. The summed E-state index contributed by atoms with van der Waals surface area (Å²) >= 11 is 0. The second-order valence-electron chi connectivity index (χ2n) is 6.66. The van der Waals surface area contributed by atoms with Crippen molar-refractivity contribution in [3.63, 3.8) is 0 Å². The van der Waals surface area contributed by atoms with Crippen molar-refractivity contribution < 1.29 is 4.79 Å². The fourth-order valence-corrected chi connectivity index (χ4v) is 5.25. The molecule has 1 unspecified atom stereocenters. The van der Waals surface area contributed by atoms with E-state index in [0.29, 0.717) is 0 Å². The maximum absolute atomic E-state index is 11.8. The van der Waals surface area contributed by atoms with Crippen LogP contribution in [0.25, 0.3) is 0 Å². The lowest BCUT2D eigenvalue weighted by Gasteiger charge is -2.60. The molecule has 0 aromatic rings. The van der Waals surface area contributed by atoms with Crippen LogP contribution in [0, 0.1) is 29.1 Å². The Morgan fingerprint density at radius 1 is 1.28 bits per heavy atom. The number of nitrogens with zero attached hydrogens (tertiary/aromatic N) is 2. The normalized spacial score (nSPS) is 42.3. The number of urea groups is 1. The third-order valence-corrected chi connectivity index (χ3v) is 5.33. The van der Waals surface area contributed by atoms with Gasteiger partial charge in [0.05, 0.1) is 6.07 Å². The van der Waals surface area contributed by atoms with Crippen LogP contribution in [0.3, 0.4) is 0 Å². The molecule has 2 amide bonds. The molecule has 0 heterocycles. The van der Waals surface area contributed by atoms with Crippen LogP contribution in [0.4, 0.5) is 4.79 Å². The molecular weight excluding hydrogens is 226 g/mol. The molecule has 0 aromatic heterocycles. The molecule has 4 nitrogen and oxygen atoms in total. The van der Waals surface area contributed by atoms with Crippen LogP contribution in [0.1, 0.15) is 45.4 Å². The number of carbonyl (C=O) groups is 1. The molecule has 0 aliphatic heterocycles. The third-order valence-electron chi connectivity index (χ3n) is 5.33. The summed E-state index contributed by atoms with van der Waals surface area (Å²) < 4.78 is 0. The summed E-state index contributed by atoms with van der Waals surface area (Å²) in [4.78, 5) is 13.5. The summed E-state index contributed by atoms with van der Waals surface area (Å²) in [5.41, 5.74) is 5.47. The highest BCUT2D eigenvalue weighted by Crippen LogP contribution is 2.58. The summed E-state index contributed by atoms with van der Waals surface area (Å²) in [7, 11) is 0. The zero-order valence-corrected chi connectivity index (χ0v) is 10.9. The maximum atomic E-state index is 11.8. The van der Waals surface area contributed by atoms with Crippen LogP contribution in [-0.4, -0.2) is 22.5 Å². The van der Waals surface area contributed by atoms with Gasteiger partial charge in [0.15, 0.2) is 0 Å². The summed E-state index contributed by atoms with van der Waals surface area (Å²) in [5, 5.41) is 9.16. The predicted molar refractivity (Wildman–Crippen MR) is 67.4 cm³/mol. The minimum Gasteiger partial charge on any atom is -0.351 e. The molecule has 4 bridgehead atoms. The van der Waals surface area contributed by atoms with Gasteiger partial charge in [0.1, 0.15) is 6.04 Å². The second-order valence-corrected chi connectivity index (χ2v) is 6.66. The van der Waals surface area contributed by atoms with Gasteiger partial charge in [-0.25, -0.2) is 4.79 Å². The van der Waals surface area contributed by atoms with Crippen LogP contribution in [0.15, 0.2) is 0 Å². The van der Waals surface area contributed by atoms with Gasteiger partial charge < -0.3 is 10.6 Å². The molecule has 0 spiro atoms. The van der Waals surface area contributed by atoms with Crippen molar-refractivity contribution in [1.29, 1.82) is 5.26 Å². The van der Waals surface area contributed by atoms with E-state index in [1.807, 2.05) is 0 Å². The number of rotatable bonds is 2. The van der Waals surface area contributed by atoms with Gasteiger partial charge in [-0.3, -0.25) is 0 Å². The lowest BCUT2D eigenvalue weighted by Crippen LogP contribution is -2.64. The molecule has 1 atom stereocenters. The van der Waals surface area contributed by atoms with Crippen LogP contribution >= 0.6 is 0 Å². The van der Waals surface area contributed by atoms with E-state index in [4.69, 9.17) is 11.0 Å². The Labute approximate surface area is 108 Å². The largest absolute Gasteiger partial charge is 0.351 e. The van der Waals surface area contributed by atoms with Gasteiger partial charge in [0.2, 0.25) is 0 Å². The number of hydrogen-bond donors (Lipinski definition) is 1. The summed E-state index contributed by atoms with van der Waals surface area (Å²) in [6.07, 6.45) is 7.17. The van der Waals surface area contributed by atoms with E-state index in [-0.39, 0.29) is 5.54 Å². The SMILES string of the molecule is CC(C#N)N(C(N)=O)C12CC3CC(CC(C3)C1)C2. The average molecular weight is 247 g/mol. The topological polar surface area (TPSA) is 70.1 Å². The maximum Gasteiger partial charge on any atom is 0.316 e. The Bertz CT molecular complexity index is 376. The monoisotopic (exact) mass is 247 g/mol. The minimum atomic E-state index is -0.411. The van der Waals surface area contributed by atoms with Gasteiger partial charge in [-0.2, -0.15) is 5.26 Å². The number of amides is 2. The van der Waals surface area contributed by atoms with Crippen molar-refractivity contribution in [3.05, 3.63) is 0 Å². The van der Waals surface area contributed by atoms with Crippen molar-refractivity contribution in [2.45, 2.75) is 57.0 Å². The van der Waals surface area contributed by atoms with E-state index in [9.17, 15) is 4.79 Å². The van der Waals surface area contributed by atoms with E-state index < -0.39 is 12.1 Å². The highest BCUT2D eigenvalue weighted by Gasteiger charge is 2.55. The fourth-order valence-electron chi connectivity index (χ4n) is 5.25. The van der Waals surface area contributed by atoms with Crippen molar-refractivity contribution >= 4 is 6.03 Å². The Morgan fingerprint density at radius 2 is 1.72 bits per heavy atom. The Balaban J connectivity index is 1.94. The zero-order valence-electron chi connectivity index (χ0n) is 10.9. The van der Waals surface area contributed by atoms with Gasteiger partial charge in [0.25, 0.3) is 0 Å². The molecule has 0 saturated heterocycles. The Morgan fingerprint density at radius 3 is 2.06 bits per heavy atom. The summed E-state index contributed by atoms with van der Waals surface area (Å²) in [5.74, 6) is 2.26. The molecule has 4 rings (SSSR count). The first-order valence-corrected chi connectivity index (χ1v) is 7.02. The number of carbonyl (C=O) groups excluding carboxylic acids is 1. The van der Waals surface area contributed by atoms with Crippen molar-refractivity contribution in [1.82, 2.24) is 4.90 Å². The minimum absolute atomic E-state index is 0.101. The van der Waals surface area contributed by atoms with E-state index in [1.54, 1.807) is 11.8 Å². The Kier molecular flexibility index (Phi) is 2.55. The molecule has 18 heavy (non-hydrogen) atoms. The van der Waals surface area contributed by atoms with E-state index in [0.717, 1.165) is 37.0 Å². The van der Waals surface area contributed by atoms with Gasteiger partial charge in [0, 0.05) is 5.54 Å². The second kappa shape index (κ2) is 3.88. The molecular formula is C14H21N3O. The molecule has 2 N–H and O–H groups in total. The van der Waals surface area contributed by atoms with Crippen molar-refractivity contribution in [2.24, 2.45) is 23.5 Å². The van der Waals surface area contributed by atoms with Crippen LogP contribution in [0.5, 0.6) is 0 Å². The van der Waals surface area contributed by atoms with E-state index in [2.05, 4.69) is 6.07 Å². The molecule has 4 aliphatic carbocycles. The zero-order chi connectivity index (χ0) is 12.9. The lowest BCUT2D eigenvalue weighted by molar-refractivity contribution is -0.0743. The van der Waals surface area contributed by atoms with Crippen LogP contribution < -0.4 is 5.73 Å². The van der Waals surface area contributed by atoms with E-state index in [1.165, 1.54) is 19.3 Å². The highest BCUT2D eigenvalue weighted by molar-refractivity contribution is 5.74. The lowest BCUT2D eigenvalue weighted by atomic mass is 9.52. The van der Waals surface area contributed by atoms with Gasteiger partial charge in [-0.05, 0) is 63.2 Å². The standard InChI is InChI=1S/C14H21N3O/c1-9(8-15)17(13(16)18)14-5-10-2-11(6-14)4-12(3-10)7-14/h9-12H,2-7H2,1H3,(H2,16,18). The number of hydrogen-bond acceptors (Lipinski definition) is 2. The summed E-state index contributed by atoms with van der Waals surface area (Å²) in [6, 6.07) is 1.38. The van der Waals surface area contributed by atoms with Gasteiger partial charge in [-0.15, -0.1) is 0 Å². The first-order valence-electron chi connectivity index (χ1n) is 7.02. The smallest absolute Gasteiger partial charge is 0.316 e. The van der Waals surface area contributed by atoms with Gasteiger partial charge in [-0.1, -0.05) is 0 Å². The van der Waals surface area contributed by atoms with Gasteiger partial charge >= 0.3 is 6.03 Å². The first kappa shape index (κ1) is 11.8. The average Bonchev–Trinajstić information content (AvgIpc) is 2.25.